The Kier molecular flexibility index (Phi) is 9.51. The molecule has 1 unspecified atom stereocenters. The van der Waals surface area contributed by atoms with E-state index in [1.165, 1.54) is 5.57 Å². The average molecular weight is 284 g/mol. The summed E-state index contributed by atoms with van der Waals surface area (Å²) >= 11 is 0. The normalized spacial score (nSPS) is 11.8. The van der Waals surface area contributed by atoms with Crippen LogP contribution in [0.25, 0.3) is 0 Å². The van der Waals surface area contributed by atoms with Gasteiger partial charge < -0.3 is 15.7 Å². The zero-order valence-corrected chi connectivity index (χ0v) is 13.0. The molecule has 0 spiro atoms. The first-order valence-corrected chi connectivity index (χ1v) is 7.19. The third-order valence-electron chi connectivity index (χ3n) is 3.25. The SMILES string of the molecule is CC(C)=CCNC(=O)NCCC(CCC(=O)O)C(C)C. The van der Waals surface area contributed by atoms with Gasteiger partial charge in [0.15, 0.2) is 0 Å². The van der Waals surface area contributed by atoms with Crippen LogP contribution >= 0.6 is 0 Å². The number of amides is 2. The summed E-state index contributed by atoms with van der Waals surface area (Å²) in [4.78, 5) is 22.1. The molecule has 0 rings (SSSR count). The summed E-state index contributed by atoms with van der Waals surface area (Å²) in [5.41, 5.74) is 1.17. The highest BCUT2D eigenvalue weighted by molar-refractivity contribution is 5.73. The molecule has 0 aromatic rings. The van der Waals surface area contributed by atoms with Crippen LogP contribution in [0.4, 0.5) is 4.79 Å². The number of hydrogen-bond acceptors (Lipinski definition) is 2. The Bertz CT molecular complexity index is 334. The van der Waals surface area contributed by atoms with Gasteiger partial charge in [0.2, 0.25) is 0 Å². The number of nitrogens with one attached hydrogen (secondary N) is 2. The van der Waals surface area contributed by atoms with E-state index in [-0.39, 0.29) is 12.5 Å². The van der Waals surface area contributed by atoms with Gasteiger partial charge in [-0.25, -0.2) is 4.79 Å². The highest BCUT2D eigenvalue weighted by atomic mass is 16.4. The fraction of sp³-hybridized carbons (Fsp3) is 0.733. The van der Waals surface area contributed by atoms with E-state index in [9.17, 15) is 9.59 Å². The van der Waals surface area contributed by atoms with E-state index in [0.29, 0.717) is 31.3 Å². The van der Waals surface area contributed by atoms with Gasteiger partial charge in [-0.15, -0.1) is 0 Å². The zero-order valence-electron chi connectivity index (χ0n) is 13.0. The van der Waals surface area contributed by atoms with Crippen molar-refractivity contribution < 1.29 is 14.7 Å². The number of carboxylic acids is 1. The highest BCUT2D eigenvalue weighted by Gasteiger charge is 2.15. The molecule has 0 aliphatic heterocycles. The van der Waals surface area contributed by atoms with Crippen LogP contribution in [-0.2, 0) is 4.79 Å². The predicted octanol–water partition coefficient (Wildman–Crippen LogP) is 2.78. The van der Waals surface area contributed by atoms with Crippen molar-refractivity contribution in [2.45, 2.75) is 47.0 Å². The zero-order chi connectivity index (χ0) is 15.5. The second-order valence-corrected chi connectivity index (χ2v) is 5.64. The lowest BCUT2D eigenvalue weighted by atomic mass is 9.88. The number of carbonyl (C=O) groups excluding carboxylic acids is 1. The Balaban J connectivity index is 3.90. The molecule has 5 heteroatoms. The lowest BCUT2D eigenvalue weighted by Crippen LogP contribution is -2.37. The number of rotatable bonds is 9. The Morgan fingerprint density at radius 2 is 1.80 bits per heavy atom. The molecule has 0 aromatic carbocycles. The molecule has 20 heavy (non-hydrogen) atoms. The van der Waals surface area contributed by atoms with Crippen LogP contribution in [0, 0.1) is 11.8 Å². The summed E-state index contributed by atoms with van der Waals surface area (Å²) in [5.74, 6) is -0.0165. The first-order valence-electron chi connectivity index (χ1n) is 7.19. The first-order chi connectivity index (χ1) is 9.32. The fourth-order valence-electron chi connectivity index (χ4n) is 1.90. The largest absolute Gasteiger partial charge is 0.481 e. The summed E-state index contributed by atoms with van der Waals surface area (Å²) < 4.78 is 0. The molecule has 0 saturated heterocycles. The minimum Gasteiger partial charge on any atom is -0.481 e. The van der Waals surface area contributed by atoms with Crippen LogP contribution in [0.2, 0.25) is 0 Å². The first kappa shape index (κ1) is 18.5. The number of hydrogen-bond donors (Lipinski definition) is 3. The molecule has 0 radical (unpaired) electrons. The van der Waals surface area contributed by atoms with Crippen LogP contribution in [-0.4, -0.2) is 30.2 Å². The van der Waals surface area contributed by atoms with E-state index in [2.05, 4.69) is 24.5 Å². The minimum atomic E-state index is -0.761. The quantitative estimate of drug-likeness (QED) is 0.570. The molecule has 3 N–H and O–H groups in total. The summed E-state index contributed by atoms with van der Waals surface area (Å²) in [6.07, 6.45) is 3.61. The molecule has 0 aliphatic carbocycles. The number of carbonyl (C=O) groups is 2. The van der Waals surface area contributed by atoms with E-state index >= 15 is 0 Å². The number of carboxylic acid groups (broad SMARTS) is 1. The van der Waals surface area contributed by atoms with Crippen molar-refractivity contribution in [3.05, 3.63) is 11.6 Å². The van der Waals surface area contributed by atoms with Gasteiger partial charge in [0.05, 0.1) is 0 Å². The molecule has 116 valence electrons. The Hall–Kier alpha value is -1.52. The Labute approximate surface area is 121 Å². The van der Waals surface area contributed by atoms with Crippen molar-refractivity contribution in [1.29, 1.82) is 0 Å². The van der Waals surface area contributed by atoms with Crippen LogP contribution in [0.1, 0.15) is 47.0 Å². The predicted molar refractivity (Wildman–Crippen MR) is 80.6 cm³/mol. The summed E-state index contributed by atoms with van der Waals surface area (Å²) in [5, 5.41) is 14.3. The fourth-order valence-corrected chi connectivity index (χ4v) is 1.90. The third kappa shape index (κ3) is 10.4. The summed E-state index contributed by atoms with van der Waals surface area (Å²) in [6.45, 7) is 9.23. The van der Waals surface area contributed by atoms with Crippen LogP contribution in [0.3, 0.4) is 0 Å². The summed E-state index contributed by atoms with van der Waals surface area (Å²) in [7, 11) is 0. The third-order valence-corrected chi connectivity index (χ3v) is 3.25. The molecular formula is C15H28N2O3. The number of aliphatic carboxylic acids is 1. The highest BCUT2D eigenvalue weighted by Crippen LogP contribution is 2.20. The van der Waals surface area contributed by atoms with E-state index in [0.717, 1.165) is 6.42 Å². The molecule has 0 saturated carbocycles. The molecule has 0 fully saturated rings. The molecule has 0 heterocycles. The maximum Gasteiger partial charge on any atom is 0.315 e. The van der Waals surface area contributed by atoms with Crippen LogP contribution in [0.15, 0.2) is 11.6 Å². The van der Waals surface area contributed by atoms with E-state index < -0.39 is 5.97 Å². The summed E-state index contributed by atoms with van der Waals surface area (Å²) in [6, 6.07) is -0.178. The molecule has 0 bridgehead atoms. The number of urea groups is 1. The van der Waals surface area contributed by atoms with Crippen molar-refractivity contribution in [3.8, 4) is 0 Å². The lowest BCUT2D eigenvalue weighted by Gasteiger charge is -2.20. The van der Waals surface area contributed by atoms with Crippen molar-refractivity contribution in [3.63, 3.8) is 0 Å². The van der Waals surface area contributed by atoms with Crippen molar-refractivity contribution >= 4 is 12.0 Å². The van der Waals surface area contributed by atoms with Crippen molar-refractivity contribution in [2.24, 2.45) is 11.8 Å². The molecule has 0 aliphatic rings. The van der Waals surface area contributed by atoms with Crippen LogP contribution < -0.4 is 10.6 Å². The van der Waals surface area contributed by atoms with E-state index in [1.807, 2.05) is 19.9 Å². The van der Waals surface area contributed by atoms with E-state index in [4.69, 9.17) is 5.11 Å². The van der Waals surface area contributed by atoms with Gasteiger partial charge in [0.1, 0.15) is 0 Å². The van der Waals surface area contributed by atoms with Gasteiger partial charge in [-0.1, -0.05) is 25.5 Å². The van der Waals surface area contributed by atoms with Crippen molar-refractivity contribution in [2.75, 3.05) is 13.1 Å². The maximum atomic E-state index is 11.5. The van der Waals surface area contributed by atoms with Gasteiger partial charge in [-0.2, -0.15) is 0 Å². The van der Waals surface area contributed by atoms with Gasteiger partial charge in [-0.3, -0.25) is 4.79 Å². The van der Waals surface area contributed by atoms with Gasteiger partial charge in [0.25, 0.3) is 0 Å². The minimum absolute atomic E-state index is 0.178. The standard InChI is InChI=1S/C15H28N2O3/c1-11(2)7-9-16-15(20)17-10-8-13(12(3)4)5-6-14(18)19/h7,12-13H,5-6,8-10H2,1-4H3,(H,18,19)(H2,16,17,20). The smallest absolute Gasteiger partial charge is 0.315 e. The molecule has 2 amide bonds. The van der Waals surface area contributed by atoms with Gasteiger partial charge in [0, 0.05) is 19.5 Å². The molecular weight excluding hydrogens is 256 g/mol. The van der Waals surface area contributed by atoms with Crippen molar-refractivity contribution in [1.82, 2.24) is 10.6 Å². The molecule has 1 atom stereocenters. The van der Waals surface area contributed by atoms with Crippen LogP contribution in [0.5, 0.6) is 0 Å². The average Bonchev–Trinajstić information content (AvgIpc) is 2.32. The number of allylic oxidation sites excluding steroid dienone is 1. The second-order valence-electron chi connectivity index (χ2n) is 5.64. The maximum absolute atomic E-state index is 11.5. The molecule has 0 aromatic heterocycles. The Morgan fingerprint density at radius 3 is 2.30 bits per heavy atom. The van der Waals surface area contributed by atoms with Gasteiger partial charge in [-0.05, 0) is 38.5 Å². The monoisotopic (exact) mass is 284 g/mol. The molecule has 5 nitrogen and oxygen atoms in total. The van der Waals surface area contributed by atoms with Gasteiger partial charge >= 0.3 is 12.0 Å². The second kappa shape index (κ2) is 10.3. The topological polar surface area (TPSA) is 78.4 Å². The Morgan fingerprint density at radius 1 is 1.15 bits per heavy atom. The lowest BCUT2D eigenvalue weighted by molar-refractivity contribution is -0.137. The van der Waals surface area contributed by atoms with E-state index in [1.54, 1.807) is 0 Å².